The summed E-state index contributed by atoms with van der Waals surface area (Å²) in [5.41, 5.74) is 0.887. The molecular formula is C8H6ClN9O. The topological polar surface area (TPSA) is 127 Å². The molecule has 3 aromatic rings. The van der Waals surface area contributed by atoms with Gasteiger partial charge in [-0.3, -0.25) is 10.1 Å². The lowest BCUT2D eigenvalue weighted by atomic mass is 10.5. The number of carbonyl (C=O) groups excluding carboxylic acids is 1. The summed E-state index contributed by atoms with van der Waals surface area (Å²) in [6.45, 7) is -0.0490. The van der Waals surface area contributed by atoms with Gasteiger partial charge in [-0.15, -0.1) is 5.10 Å². The monoisotopic (exact) mass is 279 g/mol. The minimum atomic E-state index is -0.377. The van der Waals surface area contributed by atoms with E-state index in [-0.39, 0.29) is 23.6 Å². The van der Waals surface area contributed by atoms with E-state index in [4.69, 9.17) is 11.6 Å². The summed E-state index contributed by atoms with van der Waals surface area (Å²) in [6.07, 6.45) is 2.77. The van der Waals surface area contributed by atoms with Crippen molar-refractivity contribution in [2.24, 2.45) is 0 Å². The van der Waals surface area contributed by atoms with Gasteiger partial charge >= 0.3 is 0 Å². The molecule has 11 heteroatoms. The van der Waals surface area contributed by atoms with Gasteiger partial charge in [-0.2, -0.15) is 9.97 Å². The highest BCUT2D eigenvalue weighted by Crippen LogP contribution is 2.17. The Hall–Kier alpha value is -2.62. The molecule has 3 heterocycles. The number of hydrogen-bond acceptors (Lipinski definition) is 7. The van der Waals surface area contributed by atoms with Crippen LogP contribution in [0.25, 0.3) is 11.2 Å². The van der Waals surface area contributed by atoms with Gasteiger partial charge in [0, 0.05) is 0 Å². The molecule has 10 nitrogen and oxygen atoms in total. The van der Waals surface area contributed by atoms with Crippen LogP contribution in [0.3, 0.4) is 0 Å². The van der Waals surface area contributed by atoms with Crippen LogP contribution >= 0.6 is 11.6 Å². The number of fused-ring (bicyclic) bond motifs is 1. The Morgan fingerprint density at radius 3 is 3.16 bits per heavy atom. The molecule has 3 aromatic heterocycles. The third-order valence-electron chi connectivity index (χ3n) is 2.19. The van der Waals surface area contributed by atoms with Crippen molar-refractivity contribution in [2.45, 2.75) is 6.54 Å². The van der Waals surface area contributed by atoms with Crippen molar-refractivity contribution < 1.29 is 4.79 Å². The number of tetrazole rings is 1. The van der Waals surface area contributed by atoms with E-state index in [9.17, 15) is 4.79 Å². The molecule has 0 aliphatic rings. The molecule has 0 aromatic carbocycles. The predicted octanol–water partition coefficient (Wildman–Crippen LogP) is -0.369. The van der Waals surface area contributed by atoms with Crippen LogP contribution in [-0.2, 0) is 11.3 Å². The number of carbonyl (C=O) groups is 1. The Bertz CT molecular complexity index is 721. The zero-order valence-corrected chi connectivity index (χ0v) is 10.0. The fourth-order valence-corrected chi connectivity index (χ4v) is 1.64. The van der Waals surface area contributed by atoms with Crippen LogP contribution in [0.15, 0.2) is 12.7 Å². The third kappa shape index (κ3) is 2.33. The maximum absolute atomic E-state index is 11.7. The molecule has 96 valence electrons. The van der Waals surface area contributed by atoms with Gasteiger partial charge in [-0.1, -0.05) is 11.6 Å². The minimum absolute atomic E-state index is 0.0490. The fraction of sp³-hybridized carbons (Fsp3) is 0.125. The van der Waals surface area contributed by atoms with E-state index >= 15 is 0 Å². The molecule has 3 rings (SSSR count). The number of aromatic amines is 1. The molecular weight excluding hydrogens is 274 g/mol. The van der Waals surface area contributed by atoms with Gasteiger partial charge in [0.25, 0.3) is 0 Å². The molecule has 0 spiro atoms. The predicted molar refractivity (Wildman–Crippen MR) is 63.1 cm³/mol. The number of nitrogens with one attached hydrogen (secondary N) is 2. The van der Waals surface area contributed by atoms with Crippen molar-refractivity contribution >= 4 is 34.6 Å². The number of halogens is 1. The van der Waals surface area contributed by atoms with Gasteiger partial charge in [0.15, 0.2) is 10.8 Å². The van der Waals surface area contributed by atoms with Crippen LogP contribution in [0.5, 0.6) is 0 Å². The van der Waals surface area contributed by atoms with E-state index in [1.54, 1.807) is 0 Å². The lowest BCUT2D eigenvalue weighted by Gasteiger charge is -2.03. The number of aromatic nitrogens is 8. The van der Waals surface area contributed by atoms with Crippen molar-refractivity contribution in [1.29, 1.82) is 0 Å². The summed E-state index contributed by atoms with van der Waals surface area (Å²) < 4.78 is 1.27. The van der Waals surface area contributed by atoms with Crippen molar-refractivity contribution in [3.05, 3.63) is 17.8 Å². The molecule has 0 fully saturated rings. The summed E-state index contributed by atoms with van der Waals surface area (Å²) in [5.74, 6) is -0.305. The molecule has 0 atom stereocenters. The van der Waals surface area contributed by atoms with Crippen molar-refractivity contribution in [3.8, 4) is 0 Å². The molecule has 0 radical (unpaired) electrons. The van der Waals surface area contributed by atoms with Crippen LogP contribution in [0.4, 0.5) is 5.95 Å². The quantitative estimate of drug-likeness (QED) is 0.626. The molecule has 0 bridgehead atoms. The Balaban J connectivity index is 1.79. The lowest BCUT2D eigenvalue weighted by Crippen LogP contribution is -2.20. The number of hydrogen-bond donors (Lipinski definition) is 2. The number of nitrogens with zero attached hydrogens (tertiary/aromatic N) is 7. The molecule has 2 N–H and O–H groups in total. The van der Waals surface area contributed by atoms with Crippen molar-refractivity contribution in [3.63, 3.8) is 0 Å². The first kappa shape index (κ1) is 11.5. The Morgan fingerprint density at radius 2 is 2.37 bits per heavy atom. The molecule has 0 saturated heterocycles. The van der Waals surface area contributed by atoms with Gasteiger partial charge in [0.05, 0.1) is 6.33 Å². The van der Waals surface area contributed by atoms with Crippen LogP contribution in [-0.4, -0.2) is 46.1 Å². The highest BCUT2D eigenvalue weighted by Gasteiger charge is 2.11. The lowest BCUT2D eigenvalue weighted by molar-refractivity contribution is -0.117. The number of rotatable bonds is 3. The molecule has 1 amide bonds. The first-order chi connectivity index (χ1) is 9.22. The average molecular weight is 280 g/mol. The van der Waals surface area contributed by atoms with Crippen LogP contribution in [0.1, 0.15) is 0 Å². The summed E-state index contributed by atoms with van der Waals surface area (Å²) in [6, 6.07) is 0. The van der Waals surface area contributed by atoms with E-state index in [1.165, 1.54) is 17.3 Å². The Kier molecular flexibility index (Phi) is 2.76. The number of anilines is 1. The minimum Gasteiger partial charge on any atom is -0.341 e. The van der Waals surface area contributed by atoms with Crippen LogP contribution < -0.4 is 5.32 Å². The van der Waals surface area contributed by atoms with E-state index in [0.717, 1.165) is 0 Å². The molecule has 0 unspecified atom stereocenters. The van der Waals surface area contributed by atoms with Gasteiger partial charge in [0.1, 0.15) is 18.4 Å². The van der Waals surface area contributed by atoms with Crippen LogP contribution in [0, 0.1) is 0 Å². The first-order valence-corrected chi connectivity index (χ1v) is 5.47. The summed E-state index contributed by atoms with van der Waals surface area (Å²) >= 11 is 5.92. The highest BCUT2D eigenvalue weighted by molar-refractivity contribution is 6.33. The van der Waals surface area contributed by atoms with E-state index in [0.29, 0.717) is 11.2 Å². The zero-order chi connectivity index (χ0) is 13.2. The van der Waals surface area contributed by atoms with E-state index < -0.39 is 0 Å². The molecule has 0 aliphatic heterocycles. The largest absolute Gasteiger partial charge is 0.341 e. The van der Waals surface area contributed by atoms with Gasteiger partial charge < -0.3 is 4.98 Å². The van der Waals surface area contributed by atoms with Crippen molar-refractivity contribution in [1.82, 2.24) is 40.1 Å². The third-order valence-corrected chi connectivity index (χ3v) is 2.46. The molecule has 0 aliphatic carbocycles. The number of amides is 1. The van der Waals surface area contributed by atoms with Crippen molar-refractivity contribution in [2.75, 3.05) is 5.32 Å². The summed E-state index contributed by atoms with van der Waals surface area (Å²) in [4.78, 5) is 26.4. The van der Waals surface area contributed by atoms with Gasteiger partial charge in [0.2, 0.25) is 11.9 Å². The normalized spacial score (nSPS) is 10.8. The van der Waals surface area contributed by atoms with Gasteiger partial charge in [-0.05, 0) is 10.4 Å². The Labute approximate surface area is 110 Å². The number of H-pyrrole nitrogens is 1. The van der Waals surface area contributed by atoms with E-state index in [1.807, 2.05) is 0 Å². The maximum Gasteiger partial charge on any atom is 0.248 e. The SMILES string of the molecule is O=C(Cn1cnnn1)Nc1nc(Cl)c2[nH]cnc2n1. The molecule has 0 saturated carbocycles. The second-order valence-corrected chi connectivity index (χ2v) is 3.85. The second-order valence-electron chi connectivity index (χ2n) is 3.49. The highest BCUT2D eigenvalue weighted by atomic mass is 35.5. The second kappa shape index (κ2) is 4.57. The first-order valence-electron chi connectivity index (χ1n) is 5.09. The maximum atomic E-state index is 11.7. The standard InChI is InChI=1S/C8H6ClN9O/c9-6-5-7(11-2-10-5)15-8(14-6)13-4(19)1-18-3-12-16-17-18/h2-3H,1H2,(H2,10,11,13,14,15,19). The smallest absolute Gasteiger partial charge is 0.248 e. The Morgan fingerprint density at radius 1 is 1.47 bits per heavy atom. The molecule has 19 heavy (non-hydrogen) atoms. The summed E-state index contributed by atoms with van der Waals surface area (Å²) in [5, 5.41) is 13.1. The fourth-order valence-electron chi connectivity index (χ4n) is 1.42. The zero-order valence-electron chi connectivity index (χ0n) is 9.28. The van der Waals surface area contributed by atoms with Crippen LogP contribution in [0.2, 0.25) is 5.15 Å². The average Bonchev–Trinajstić information content (AvgIpc) is 2.99. The van der Waals surface area contributed by atoms with Gasteiger partial charge in [-0.25, -0.2) is 9.67 Å². The summed E-state index contributed by atoms with van der Waals surface area (Å²) in [7, 11) is 0. The number of imidazole rings is 1. The van der Waals surface area contributed by atoms with E-state index in [2.05, 4.69) is 40.8 Å².